The summed E-state index contributed by atoms with van der Waals surface area (Å²) in [5.74, 6) is -0.834. The molecule has 12 heteroatoms. The van der Waals surface area contributed by atoms with Crippen molar-refractivity contribution in [2.75, 3.05) is 12.9 Å². The van der Waals surface area contributed by atoms with Crippen LogP contribution in [0.25, 0.3) is 0 Å². The second-order valence-electron chi connectivity index (χ2n) is 9.91. The quantitative estimate of drug-likeness (QED) is 0.141. The summed E-state index contributed by atoms with van der Waals surface area (Å²) >= 11 is 0. The molecule has 1 aliphatic rings. The normalized spacial score (nSPS) is 22.6. The van der Waals surface area contributed by atoms with Crippen LogP contribution in [0.3, 0.4) is 0 Å². The van der Waals surface area contributed by atoms with Crippen LogP contribution in [0.15, 0.2) is 12.7 Å². The van der Waals surface area contributed by atoms with Gasteiger partial charge in [-0.2, -0.15) is 13.4 Å². The fourth-order valence-electron chi connectivity index (χ4n) is 4.20. The minimum absolute atomic E-state index is 0.0805. The number of allylic oxidation sites excluding steroid dienone is 1. The number of aromatic nitrogens is 2. The number of carbonyl (C=O) groups excluding carboxylic acids is 1. The van der Waals surface area contributed by atoms with Crippen LogP contribution in [0.1, 0.15) is 58.0 Å². The standard InChI is InChI=1S/C23H35N3O8S/c1-8-9-10-16-13-17(11-12-32-22(27)23(4,5)6)20(34-35(7,30)31)19(16)33-21-18(26(28)29)14(2)24-15(3)25-21/h8,16-17,19-20H,1,9-13H2,2-7H3/t16-,17-,19-,20+/m0/s1. The van der Waals surface area contributed by atoms with Gasteiger partial charge < -0.3 is 9.47 Å². The van der Waals surface area contributed by atoms with Gasteiger partial charge in [0.2, 0.25) is 0 Å². The number of rotatable bonds is 11. The van der Waals surface area contributed by atoms with Gasteiger partial charge in [0.05, 0.1) is 23.2 Å². The van der Waals surface area contributed by atoms with E-state index < -0.39 is 32.7 Å². The number of aryl methyl sites for hydroxylation is 2. The average molecular weight is 514 g/mol. The summed E-state index contributed by atoms with van der Waals surface area (Å²) in [4.78, 5) is 31.4. The molecule has 0 aliphatic heterocycles. The Labute approximate surface area is 206 Å². The van der Waals surface area contributed by atoms with Gasteiger partial charge in [0, 0.05) is 0 Å². The van der Waals surface area contributed by atoms with Crippen molar-refractivity contribution in [1.82, 2.24) is 9.97 Å². The van der Waals surface area contributed by atoms with Crippen LogP contribution in [0, 0.1) is 41.2 Å². The van der Waals surface area contributed by atoms with Crippen LogP contribution >= 0.6 is 0 Å². The summed E-state index contributed by atoms with van der Waals surface area (Å²) < 4.78 is 41.2. The van der Waals surface area contributed by atoms with E-state index in [-0.39, 0.29) is 47.5 Å². The van der Waals surface area contributed by atoms with Crippen molar-refractivity contribution in [1.29, 1.82) is 0 Å². The van der Waals surface area contributed by atoms with Gasteiger partial charge in [0.25, 0.3) is 16.0 Å². The third-order valence-corrected chi connectivity index (χ3v) is 6.36. The maximum Gasteiger partial charge on any atom is 0.351 e. The van der Waals surface area contributed by atoms with E-state index in [4.69, 9.17) is 13.7 Å². The molecule has 1 aromatic heterocycles. The molecule has 196 valence electrons. The molecule has 0 spiro atoms. The topological polar surface area (TPSA) is 148 Å². The van der Waals surface area contributed by atoms with Gasteiger partial charge in [-0.1, -0.05) is 6.08 Å². The Morgan fingerprint density at radius 3 is 2.37 bits per heavy atom. The molecule has 0 bridgehead atoms. The summed E-state index contributed by atoms with van der Waals surface area (Å²) in [5.41, 5.74) is -0.902. The van der Waals surface area contributed by atoms with Crippen molar-refractivity contribution < 1.29 is 31.8 Å². The van der Waals surface area contributed by atoms with E-state index in [1.807, 2.05) is 0 Å². The number of ether oxygens (including phenoxy) is 2. The summed E-state index contributed by atoms with van der Waals surface area (Å²) in [6.45, 7) is 12.1. The van der Waals surface area contributed by atoms with Gasteiger partial charge in [-0.25, -0.2) is 4.98 Å². The number of hydrogen-bond acceptors (Lipinski definition) is 10. The number of nitro groups is 1. The molecule has 1 aliphatic carbocycles. The number of esters is 1. The van der Waals surface area contributed by atoms with E-state index in [1.54, 1.807) is 33.8 Å². The van der Waals surface area contributed by atoms with E-state index in [2.05, 4.69) is 16.5 Å². The zero-order valence-electron chi connectivity index (χ0n) is 21.1. The van der Waals surface area contributed by atoms with E-state index >= 15 is 0 Å². The van der Waals surface area contributed by atoms with Crippen LogP contribution < -0.4 is 4.74 Å². The third-order valence-electron chi connectivity index (χ3n) is 5.79. The molecular weight excluding hydrogens is 478 g/mol. The molecule has 2 rings (SSSR count). The van der Waals surface area contributed by atoms with Crippen LogP contribution in [0.2, 0.25) is 0 Å². The van der Waals surface area contributed by atoms with Gasteiger partial charge >= 0.3 is 11.7 Å². The molecule has 1 saturated carbocycles. The first-order chi connectivity index (χ1) is 16.1. The third kappa shape index (κ3) is 7.96. The van der Waals surface area contributed by atoms with Gasteiger partial charge in [-0.3, -0.25) is 19.1 Å². The molecule has 11 nitrogen and oxygen atoms in total. The lowest BCUT2D eigenvalue weighted by molar-refractivity contribution is -0.387. The summed E-state index contributed by atoms with van der Waals surface area (Å²) in [6, 6.07) is 0. The minimum atomic E-state index is -3.89. The molecule has 0 N–H and O–H groups in total. The average Bonchev–Trinajstić information content (AvgIpc) is 2.99. The van der Waals surface area contributed by atoms with Crippen molar-refractivity contribution in [3.63, 3.8) is 0 Å². The first kappa shape index (κ1) is 28.6. The van der Waals surface area contributed by atoms with Gasteiger partial charge in [0.15, 0.2) is 0 Å². The van der Waals surface area contributed by atoms with Crippen molar-refractivity contribution in [3.8, 4) is 5.88 Å². The zero-order valence-corrected chi connectivity index (χ0v) is 22.0. The van der Waals surface area contributed by atoms with Crippen molar-refractivity contribution in [2.24, 2.45) is 17.3 Å². The molecule has 0 amide bonds. The Morgan fingerprint density at radius 2 is 1.83 bits per heavy atom. The molecule has 35 heavy (non-hydrogen) atoms. The minimum Gasteiger partial charge on any atom is -0.466 e. The Hall–Kier alpha value is -2.60. The second kappa shape index (κ2) is 11.4. The Morgan fingerprint density at radius 1 is 1.20 bits per heavy atom. The molecule has 0 unspecified atom stereocenters. The van der Waals surface area contributed by atoms with E-state index in [0.717, 1.165) is 6.26 Å². The second-order valence-corrected chi connectivity index (χ2v) is 11.5. The largest absolute Gasteiger partial charge is 0.466 e. The summed E-state index contributed by atoms with van der Waals surface area (Å²) in [5, 5.41) is 11.7. The Balaban J connectivity index is 2.40. The molecule has 0 saturated heterocycles. The maximum atomic E-state index is 12.2. The highest BCUT2D eigenvalue weighted by Crippen LogP contribution is 2.42. The predicted molar refractivity (Wildman–Crippen MR) is 128 cm³/mol. The smallest absolute Gasteiger partial charge is 0.351 e. The predicted octanol–water partition coefficient (Wildman–Crippen LogP) is 3.68. The van der Waals surface area contributed by atoms with E-state index in [9.17, 15) is 23.3 Å². The lowest BCUT2D eigenvalue weighted by atomic mass is 9.97. The van der Waals surface area contributed by atoms with Crippen LogP contribution in [0.4, 0.5) is 5.69 Å². The highest BCUT2D eigenvalue weighted by Gasteiger charge is 2.48. The first-order valence-electron chi connectivity index (χ1n) is 11.5. The highest BCUT2D eigenvalue weighted by atomic mass is 32.2. The van der Waals surface area contributed by atoms with Crippen molar-refractivity contribution in [3.05, 3.63) is 34.3 Å². The Kier molecular flexibility index (Phi) is 9.35. The fraction of sp³-hybridized carbons (Fsp3) is 0.696. The lowest BCUT2D eigenvalue weighted by Gasteiger charge is -2.26. The molecule has 0 aromatic carbocycles. The first-order valence-corrected chi connectivity index (χ1v) is 13.3. The van der Waals surface area contributed by atoms with E-state index in [1.165, 1.54) is 6.92 Å². The molecule has 1 aromatic rings. The van der Waals surface area contributed by atoms with E-state index in [0.29, 0.717) is 25.7 Å². The number of nitrogens with zero attached hydrogens (tertiary/aromatic N) is 3. The molecule has 1 fully saturated rings. The van der Waals surface area contributed by atoms with Gasteiger partial charge in [0.1, 0.15) is 23.7 Å². The van der Waals surface area contributed by atoms with Gasteiger partial charge in [-0.15, -0.1) is 6.58 Å². The Bertz CT molecular complexity index is 1050. The lowest BCUT2D eigenvalue weighted by Crippen LogP contribution is -2.38. The summed E-state index contributed by atoms with van der Waals surface area (Å²) in [7, 11) is -3.89. The molecular formula is C23H35N3O8S. The van der Waals surface area contributed by atoms with Crippen molar-refractivity contribution >= 4 is 21.8 Å². The molecule has 1 heterocycles. The van der Waals surface area contributed by atoms with Crippen LogP contribution in [-0.4, -0.2) is 54.3 Å². The SMILES string of the molecule is C=CCC[C@H]1C[C@H](CCOC(=O)C(C)(C)C)[C@@H](OS(C)(=O)=O)[C@H]1Oc1nc(C)nc(C)c1[N+](=O)[O-]. The maximum absolute atomic E-state index is 12.2. The van der Waals surface area contributed by atoms with Crippen LogP contribution in [-0.2, 0) is 23.8 Å². The summed E-state index contributed by atoms with van der Waals surface area (Å²) in [6.07, 6.45) is 3.00. The number of hydrogen-bond donors (Lipinski definition) is 0. The molecule has 4 atom stereocenters. The highest BCUT2D eigenvalue weighted by molar-refractivity contribution is 7.86. The van der Waals surface area contributed by atoms with Gasteiger partial charge in [-0.05, 0) is 72.1 Å². The molecule has 0 radical (unpaired) electrons. The monoisotopic (exact) mass is 513 g/mol. The zero-order chi connectivity index (χ0) is 26.6. The van der Waals surface area contributed by atoms with Crippen molar-refractivity contribution in [2.45, 2.75) is 72.5 Å². The number of carbonyl (C=O) groups is 1. The van der Waals surface area contributed by atoms with Crippen LogP contribution in [0.5, 0.6) is 5.88 Å². The fourth-order valence-corrected chi connectivity index (χ4v) is 4.87.